The van der Waals surface area contributed by atoms with Gasteiger partial charge in [0.1, 0.15) is 0 Å². The number of hydrogen-bond donors (Lipinski definition) is 1. The molecule has 2 rings (SSSR count). The third-order valence-electron chi connectivity index (χ3n) is 3.68. The Morgan fingerprint density at radius 2 is 2.18 bits per heavy atom. The van der Waals surface area contributed by atoms with Crippen molar-refractivity contribution in [2.24, 2.45) is 11.7 Å². The Hall–Kier alpha value is -2.18. The summed E-state index contributed by atoms with van der Waals surface area (Å²) in [6, 6.07) is 4.76. The lowest BCUT2D eigenvalue weighted by molar-refractivity contribution is -0.386. The van der Waals surface area contributed by atoms with Crippen LogP contribution < -0.4 is 10.5 Å². The van der Waals surface area contributed by atoms with Gasteiger partial charge < -0.3 is 15.2 Å². The first kappa shape index (κ1) is 16.2. The molecule has 0 fully saturated rings. The van der Waals surface area contributed by atoms with Gasteiger partial charge in [0.05, 0.1) is 4.92 Å². The third kappa shape index (κ3) is 3.18. The van der Waals surface area contributed by atoms with Crippen LogP contribution in [-0.2, 0) is 4.74 Å². The van der Waals surface area contributed by atoms with Crippen molar-refractivity contribution in [2.45, 2.75) is 19.1 Å². The van der Waals surface area contributed by atoms with E-state index in [2.05, 4.69) is 0 Å². The molecule has 0 saturated heterocycles. The van der Waals surface area contributed by atoms with Crippen molar-refractivity contribution in [3.8, 4) is 5.75 Å². The van der Waals surface area contributed by atoms with E-state index in [0.29, 0.717) is 13.0 Å². The first-order valence-corrected chi connectivity index (χ1v) is 7.07. The lowest BCUT2D eigenvalue weighted by Gasteiger charge is -2.37. The lowest BCUT2D eigenvalue weighted by Crippen LogP contribution is -2.45. The van der Waals surface area contributed by atoms with Crippen LogP contribution in [0.5, 0.6) is 5.75 Å². The number of rotatable bonds is 6. The van der Waals surface area contributed by atoms with Gasteiger partial charge in [-0.1, -0.05) is 24.3 Å². The van der Waals surface area contributed by atoms with E-state index in [-0.39, 0.29) is 17.4 Å². The second kappa shape index (κ2) is 6.72. The van der Waals surface area contributed by atoms with Crippen molar-refractivity contribution in [3.63, 3.8) is 0 Å². The Morgan fingerprint density at radius 3 is 2.82 bits per heavy atom. The normalized spacial score (nSPS) is 23.5. The van der Waals surface area contributed by atoms with E-state index >= 15 is 0 Å². The summed E-state index contributed by atoms with van der Waals surface area (Å²) in [4.78, 5) is 10.7. The molecule has 0 heterocycles. The number of nitrogens with zero attached hydrogens (tertiary/aromatic N) is 1. The average molecular weight is 304 g/mol. The third-order valence-corrected chi connectivity index (χ3v) is 3.68. The monoisotopic (exact) mass is 304 g/mol. The number of hydrogen-bond acceptors (Lipinski definition) is 5. The fourth-order valence-electron chi connectivity index (χ4n) is 2.52. The smallest absolute Gasteiger partial charge is 0.311 e. The molecule has 0 aliphatic heterocycles. The molecule has 1 aromatic rings. The van der Waals surface area contributed by atoms with Crippen LogP contribution in [0.15, 0.2) is 42.5 Å². The molecule has 1 aliphatic carbocycles. The number of nitrogens with two attached hydrogens (primary N) is 1. The number of benzene rings is 1. The molecule has 0 spiro atoms. The molecule has 0 radical (unpaired) electrons. The highest BCUT2D eigenvalue weighted by atomic mass is 16.7. The van der Waals surface area contributed by atoms with Crippen LogP contribution >= 0.6 is 0 Å². The number of methoxy groups -OCH3 is 1. The minimum absolute atomic E-state index is 0.0866. The zero-order valence-corrected chi connectivity index (χ0v) is 12.7. The van der Waals surface area contributed by atoms with Crippen LogP contribution in [0.4, 0.5) is 5.69 Å². The predicted octanol–water partition coefficient (Wildman–Crippen LogP) is 2.72. The van der Waals surface area contributed by atoms with Gasteiger partial charge in [-0.3, -0.25) is 10.1 Å². The molecule has 0 aromatic heterocycles. The summed E-state index contributed by atoms with van der Waals surface area (Å²) in [5.41, 5.74) is 6.44. The summed E-state index contributed by atoms with van der Waals surface area (Å²) >= 11 is 0. The first-order chi connectivity index (χ1) is 10.5. The molecule has 6 nitrogen and oxygen atoms in total. The fraction of sp³-hybridized carbons (Fsp3) is 0.375. The Kier molecular flexibility index (Phi) is 4.95. The van der Waals surface area contributed by atoms with Gasteiger partial charge in [0.15, 0.2) is 0 Å². The van der Waals surface area contributed by atoms with Gasteiger partial charge in [-0.2, -0.15) is 0 Å². The summed E-state index contributed by atoms with van der Waals surface area (Å²) in [5.74, 6) is -1.02. The van der Waals surface area contributed by atoms with Gasteiger partial charge in [-0.25, -0.2) is 0 Å². The Morgan fingerprint density at radius 1 is 1.41 bits per heavy atom. The standard InChI is InChI=1S/C16H20N2O4/c1-12-6-7-14(18(19)20)15(11-12)22-16(21-2)9-4-3-5-13(16)8-10-17/h3-7,9,11,13H,8,10,17H2,1-2H3. The van der Waals surface area contributed by atoms with Gasteiger partial charge >= 0.3 is 5.69 Å². The van der Waals surface area contributed by atoms with Crippen LogP contribution in [0.25, 0.3) is 0 Å². The second-order valence-corrected chi connectivity index (χ2v) is 5.18. The maximum Gasteiger partial charge on any atom is 0.311 e. The van der Waals surface area contributed by atoms with Gasteiger partial charge in [0, 0.05) is 19.1 Å². The highest BCUT2D eigenvalue weighted by Gasteiger charge is 2.40. The van der Waals surface area contributed by atoms with Crippen LogP contribution in [0.1, 0.15) is 12.0 Å². The predicted molar refractivity (Wildman–Crippen MR) is 83.6 cm³/mol. The zero-order valence-electron chi connectivity index (χ0n) is 12.7. The molecule has 0 amide bonds. The van der Waals surface area contributed by atoms with Crippen molar-refractivity contribution in [3.05, 3.63) is 58.2 Å². The van der Waals surface area contributed by atoms with Crippen LogP contribution in [0, 0.1) is 23.0 Å². The molecule has 118 valence electrons. The summed E-state index contributed by atoms with van der Waals surface area (Å²) < 4.78 is 11.6. The number of allylic oxidation sites excluding steroid dienone is 2. The average Bonchev–Trinajstić information content (AvgIpc) is 2.49. The van der Waals surface area contributed by atoms with E-state index < -0.39 is 10.7 Å². The minimum atomic E-state index is -1.09. The van der Waals surface area contributed by atoms with Crippen molar-refractivity contribution in [1.82, 2.24) is 0 Å². The highest BCUT2D eigenvalue weighted by molar-refractivity contribution is 5.49. The molecular formula is C16H20N2O4. The minimum Gasteiger partial charge on any atom is -0.451 e. The molecule has 2 unspecified atom stereocenters. The molecule has 1 aromatic carbocycles. The molecule has 0 bridgehead atoms. The van der Waals surface area contributed by atoms with Crippen LogP contribution in [-0.4, -0.2) is 24.4 Å². The van der Waals surface area contributed by atoms with Crippen molar-refractivity contribution >= 4 is 5.69 Å². The van der Waals surface area contributed by atoms with Gasteiger partial charge in [-0.15, -0.1) is 0 Å². The van der Waals surface area contributed by atoms with E-state index in [4.69, 9.17) is 15.2 Å². The molecular weight excluding hydrogens is 284 g/mol. The topological polar surface area (TPSA) is 87.6 Å². The second-order valence-electron chi connectivity index (χ2n) is 5.18. The number of ether oxygens (including phenoxy) is 2. The molecule has 2 N–H and O–H groups in total. The Balaban J connectivity index is 2.41. The summed E-state index contributed by atoms with van der Waals surface area (Å²) in [7, 11) is 1.52. The molecule has 22 heavy (non-hydrogen) atoms. The Labute approximate surface area is 129 Å². The maximum absolute atomic E-state index is 11.2. The largest absolute Gasteiger partial charge is 0.451 e. The SMILES string of the molecule is COC1(Oc2cc(C)ccc2[N+](=O)[O-])C=CC=CC1CCN. The first-order valence-electron chi connectivity index (χ1n) is 7.07. The van der Waals surface area contributed by atoms with E-state index in [1.165, 1.54) is 13.2 Å². The Bertz CT molecular complexity index is 612. The van der Waals surface area contributed by atoms with Crippen LogP contribution in [0.2, 0.25) is 0 Å². The van der Waals surface area contributed by atoms with E-state index in [9.17, 15) is 10.1 Å². The zero-order chi connectivity index (χ0) is 16.2. The fourth-order valence-corrected chi connectivity index (χ4v) is 2.52. The van der Waals surface area contributed by atoms with Gasteiger partial charge in [-0.05, 0) is 37.6 Å². The van der Waals surface area contributed by atoms with Crippen molar-refractivity contribution in [2.75, 3.05) is 13.7 Å². The maximum atomic E-state index is 11.2. The summed E-state index contributed by atoms with van der Waals surface area (Å²) in [5, 5.41) is 11.2. The van der Waals surface area contributed by atoms with Crippen LogP contribution in [0.3, 0.4) is 0 Å². The number of nitro benzene ring substituents is 1. The molecule has 6 heteroatoms. The lowest BCUT2D eigenvalue weighted by atomic mass is 9.90. The van der Waals surface area contributed by atoms with Gasteiger partial charge in [0.2, 0.25) is 11.5 Å². The van der Waals surface area contributed by atoms with E-state index in [0.717, 1.165) is 5.56 Å². The number of aryl methyl sites for hydroxylation is 1. The van der Waals surface area contributed by atoms with E-state index in [1.807, 2.05) is 19.1 Å². The summed E-state index contributed by atoms with van der Waals surface area (Å²) in [6.45, 7) is 2.32. The van der Waals surface area contributed by atoms with Gasteiger partial charge in [0.25, 0.3) is 0 Å². The molecule has 0 saturated carbocycles. The molecule has 2 atom stereocenters. The van der Waals surface area contributed by atoms with Crippen molar-refractivity contribution in [1.29, 1.82) is 0 Å². The molecule has 1 aliphatic rings. The quantitative estimate of drug-likeness (QED) is 0.496. The summed E-state index contributed by atoms with van der Waals surface area (Å²) in [6.07, 6.45) is 8.05. The highest BCUT2D eigenvalue weighted by Crippen LogP contribution is 2.37. The number of nitro groups is 1. The van der Waals surface area contributed by atoms with Crippen molar-refractivity contribution < 1.29 is 14.4 Å². The van der Waals surface area contributed by atoms with E-state index in [1.54, 1.807) is 24.3 Å².